The number of ether oxygens (including phenoxy) is 2. The molecular formula is C18H38N2O6. The third-order valence-corrected chi connectivity index (χ3v) is 2.99. The monoisotopic (exact) mass is 378 g/mol. The van der Waals surface area contributed by atoms with Crippen LogP contribution >= 0.6 is 0 Å². The van der Waals surface area contributed by atoms with Gasteiger partial charge in [-0.15, -0.1) is 0 Å². The highest BCUT2D eigenvalue weighted by molar-refractivity contribution is 5.76. The maximum atomic E-state index is 10.3. The lowest BCUT2D eigenvalue weighted by Gasteiger charge is -2.21. The molecule has 0 spiro atoms. The first-order valence-electron chi connectivity index (χ1n) is 8.85. The van der Waals surface area contributed by atoms with E-state index in [4.69, 9.17) is 14.6 Å². The maximum Gasteiger partial charge on any atom is 0.326 e. The van der Waals surface area contributed by atoms with Crippen molar-refractivity contribution in [1.29, 1.82) is 0 Å². The second-order valence-electron chi connectivity index (χ2n) is 6.15. The largest absolute Gasteiger partial charge is 0.480 e. The number of rotatable bonds is 6. The molecule has 0 aromatic carbocycles. The number of carbonyl (C=O) groups excluding carboxylic acids is 2. The lowest BCUT2D eigenvalue weighted by molar-refractivity contribution is -0.140. The van der Waals surface area contributed by atoms with Gasteiger partial charge in [0.1, 0.15) is 12.3 Å². The van der Waals surface area contributed by atoms with Crippen molar-refractivity contribution in [2.24, 2.45) is 0 Å². The summed E-state index contributed by atoms with van der Waals surface area (Å²) in [4.78, 5) is 32.2. The van der Waals surface area contributed by atoms with E-state index in [1.807, 2.05) is 34.6 Å². The molecule has 1 aliphatic heterocycles. The number of carboxylic acid groups (broad SMARTS) is 1. The molecule has 1 rings (SSSR count). The Kier molecular flexibility index (Phi) is 22.3. The molecule has 0 radical (unpaired) electrons. The van der Waals surface area contributed by atoms with Gasteiger partial charge >= 0.3 is 5.97 Å². The molecular weight excluding hydrogens is 340 g/mol. The molecule has 1 unspecified atom stereocenters. The molecule has 156 valence electrons. The van der Waals surface area contributed by atoms with Gasteiger partial charge < -0.3 is 29.6 Å². The van der Waals surface area contributed by atoms with Crippen molar-refractivity contribution >= 4 is 18.7 Å². The van der Waals surface area contributed by atoms with Gasteiger partial charge in [0.05, 0.1) is 18.8 Å². The molecule has 26 heavy (non-hydrogen) atoms. The Morgan fingerprint density at radius 2 is 1.73 bits per heavy atom. The van der Waals surface area contributed by atoms with Crippen LogP contribution in [0.4, 0.5) is 0 Å². The van der Waals surface area contributed by atoms with Crippen molar-refractivity contribution in [3.05, 3.63) is 0 Å². The van der Waals surface area contributed by atoms with Gasteiger partial charge in [0.15, 0.2) is 0 Å². The number of aliphatic carboxylic acids is 1. The molecule has 1 aliphatic rings. The van der Waals surface area contributed by atoms with Crippen LogP contribution in [0.15, 0.2) is 0 Å². The molecule has 1 heterocycles. The molecule has 1 atom stereocenters. The van der Waals surface area contributed by atoms with E-state index in [2.05, 4.69) is 17.3 Å². The second kappa shape index (κ2) is 19.8. The number of nitrogens with one attached hydrogen (secondary N) is 1. The van der Waals surface area contributed by atoms with E-state index in [-0.39, 0.29) is 18.4 Å². The first kappa shape index (κ1) is 29.3. The molecule has 0 bridgehead atoms. The van der Waals surface area contributed by atoms with Gasteiger partial charge in [-0.3, -0.25) is 4.79 Å². The van der Waals surface area contributed by atoms with Gasteiger partial charge in [-0.2, -0.15) is 0 Å². The zero-order valence-electron chi connectivity index (χ0n) is 17.4. The molecule has 8 nitrogen and oxygen atoms in total. The fourth-order valence-corrected chi connectivity index (χ4v) is 1.25. The summed E-state index contributed by atoms with van der Waals surface area (Å²) < 4.78 is 10.0. The number of methoxy groups -OCH3 is 1. The molecule has 8 heteroatoms. The number of morpholine rings is 1. The lowest BCUT2D eigenvalue weighted by atomic mass is 10.2. The number of likely N-dealkylation sites (N-methyl/N-ethyl adjacent to an activating group) is 1. The minimum absolute atomic E-state index is 0.0417. The topological polar surface area (TPSA) is 105 Å². The van der Waals surface area contributed by atoms with Crippen LogP contribution in [0.3, 0.4) is 0 Å². The first-order chi connectivity index (χ1) is 12.2. The summed E-state index contributed by atoms with van der Waals surface area (Å²) in [5, 5.41) is 10.5. The highest BCUT2D eigenvalue weighted by atomic mass is 16.5. The van der Waals surface area contributed by atoms with E-state index in [0.717, 1.165) is 26.3 Å². The summed E-state index contributed by atoms with van der Waals surface area (Å²) in [7, 11) is 3.82. The number of carbonyl (C=O) groups is 3. The van der Waals surface area contributed by atoms with E-state index < -0.39 is 12.0 Å². The maximum absolute atomic E-state index is 10.3. The first-order valence-corrected chi connectivity index (χ1v) is 8.85. The summed E-state index contributed by atoms with van der Waals surface area (Å²) in [6.07, 6.45) is 1.20. The van der Waals surface area contributed by atoms with Crippen molar-refractivity contribution in [2.45, 2.75) is 59.1 Å². The summed E-state index contributed by atoms with van der Waals surface area (Å²) in [5.74, 6) is -1.13. The predicted molar refractivity (Wildman–Crippen MR) is 102 cm³/mol. The smallest absolute Gasteiger partial charge is 0.326 e. The van der Waals surface area contributed by atoms with Crippen molar-refractivity contribution in [3.63, 3.8) is 0 Å². The fourth-order valence-electron chi connectivity index (χ4n) is 1.25. The Balaban J connectivity index is -0.000000305. The van der Waals surface area contributed by atoms with Gasteiger partial charge in [0.2, 0.25) is 6.41 Å². The van der Waals surface area contributed by atoms with Crippen LogP contribution in [-0.2, 0) is 23.9 Å². The van der Waals surface area contributed by atoms with E-state index in [1.54, 1.807) is 7.11 Å². The summed E-state index contributed by atoms with van der Waals surface area (Å²) in [5.41, 5.74) is 0.0417. The predicted octanol–water partition coefficient (Wildman–Crippen LogP) is 1.57. The number of aldehydes is 1. The average molecular weight is 379 g/mol. The van der Waals surface area contributed by atoms with Gasteiger partial charge in [0, 0.05) is 26.6 Å². The number of hydrogen-bond donors (Lipinski definition) is 2. The summed E-state index contributed by atoms with van der Waals surface area (Å²) >= 11 is 0. The van der Waals surface area contributed by atoms with E-state index in [0.29, 0.717) is 12.7 Å². The minimum atomic E-state index is -1.13. The third-order valence-electron chi connectivity index (χ3n) is 2.99. The van der Waals surface area contributed by atoms with E-state index in [9.17, 15) is 14.4 Å². The molecule has 2 N–H and O–H groups in total. The summed E-state index contributed by atoms with van der Waals surface area (Å²) in [6.45, 7) is 14.1. The van der Waals surface area contributed by atoms with Gasteiger partial charge in [-0.05, 0) is 34.2 Å². The number of hydrogen-bond acceptors (Lipinski definition) is 6. The number of carboxylic acids is 1. The highest BCUT2D eigenvalue weighted by Gasteiger charge is 2.14. The molecule has 0 aromatic heterocycles. The zero-order chi connectivity index (χ0) is 21.0. The van der Waals surface area contributed by atoms with Crippen LogP contribution < -0.4 is 5.32 Å². The highest BCUT2D eigenvalue weighted by Crippen LogP contribution is 2.02. The number of amides is 1. The van der Waals surface area contributed by atoms with Gasteiger partial charge in [-0.25, -0.2) is 4.79 Å². The van der Waals surface area contributed by atoms with Crippen LogP contribution in [0.25, 0.3) is 0 Å². The normalized spacial score (nSPS) is 14.7. The van der Waals surface area contributed by atoms with Gasteiger partial charge in [0.25, 0.3) is 0 Å². The minimum Gasteiger partial charge on any atom is -0.480 e. The molecule has 0 aromatic rings. The number of nitrogens with zero attached hydrogens (tertiary/aromatic N) is 1. The molecule has 1 fully saturated rings. The lowest BCUT2D eigenvalue weighted by Crippen LogP contribution is -2.35. The summed E-state index contributed by atoms with van der Waals surface area (Å²) in [6, 6.07) is -0.947. The average Bonchev–Trinajstić information content (AvgIpc) is 2.61. The van der Waals surface area contributed by atoms with Gasteiger partial charge in [-0.1, -0.05) is 13.8 Å². The van der Waals surface area contributed by atoms with E-state index in [1.165, 1.54) is 0 Å². The SMILES string of the molecule is CC.CN1CCOCC1.COC(C)(C)C.O=CCCC(NC=O)C(=O)O. The second-order valence-corrected chi connectivity index (χ2v) is 6.15. The van der Waals surface area contributed by atoms with Crippen LogP contribution in [0.2, 0.25) is 0 Å². The zero-order valence-corrected chi connectivity index (χ0v) is 17.4. The third kappa shape index (κ3) is 24.7. The van der Waals surface area contributed by atoms with Crippen molar-refractivity contribution in [1.82, 2.24) is 10.2 Å². The molecule has 0 aliphatic carbocycles. The van der Waals surface area contributed by atoms with Crippen LogP contribution in [0.1, 0.15) is 47.5 Å². The molecule has 1 saturated heterocycles. The van der Waals surface area contributed by atoms with Crippen molar-refractivity contribution in [3.8, 4) is 0 Å². The Morgan fingerprint density at radius 1 is 1.27 bits per heavy atom. The van der Waals surface area contributed by atoms with Crippen molar-refractivity contribution in [2.75, 3.05) is 40.5 Å². The van der Waals surface area contributed by atoms with E-state index >= 15 is 0 Å². The molecule has 1 amide bonds. The van der Waals surface area contributed by atoms with Crippen LogP contribution in [0.5, 0.6) is 0 Å². The Bertz CT molecular complexity index is 339. The Labute approximate surface area is 158 Å². The quantitative estimate of drug-likeness (QED) is 0.676. The van der Waals surface area contributed by atoms with Crippen LogP contribution in [-0.4, -0.2) is 80.8 Å². The Hall–Kier alpha value is -1.51. The fraction of sp³-hybridized carbons (Fsp3) is 0.833. The van der Waals surface area contributed by atoms with Crippen molar-refractivity contribution < 1.29 is 29.0 Å². The standard InChI is InChI=1S/C6H9NO4.C5H11NO.C5H12O.C2H6/c8-3-1-2-5(6(10)11)7-4-9;1-6-2-4-7-5-3-6;1-5(2,3)6-4;1-2/h3-5H,1-2H2,(H,7,9)(H,10,11);2-5H2,1H3;1-4H3;1-2H3. The molecule has 0 saturated carbocycles. The Morgan fingerprint density at radius 3 is 1.96 bits per heavy atom. The van der Waals surface area contributed by atoms with Crippen LogP contribution in [0, 0.1) is 0 Å².